The molecule has 3 aliphatic heterocycles. The molecular formula is C35H43F6NO9S. The van der Waals surface area contributed by atoms with E-state index in [4.69, 9.17) is 18.9 Å². The lowest BCUT2D eigenvalue weighted by Crippen LogP contribution is -2.58. The third-order valence-corrected chi connectivity index (χ3v) is 13.0. The van der Waals surface area contributed by atoms with Crippen LogP contribution in [0.2, 0.25) is 0 Å². The lowest BCUT2D eigenvalue weighted by Gasteiger charge is -2.59. The number of allylic oxidation sites excluding steroid dienone is 2. The Morgan fingerprint density at radius 2 is 1.46 bits per heavy atom. The van der Waals surface area contributed by atoms with Gasteiger partial charge in [-0.1, -0.05) is 25.3 Å². The first kappa shape index (κ1) is 38.8. The molecule has 8 fully saturated rings. The zero-order valence-corrected chi connectivity index (χ0v) is 29.5. The Kier molecular flexibility index (Phi) is 10.2. The predicted octanol–water partition coefficient (Wildman–Crippen LogP) is 5.34. The van der Waals surface area contributed by atoms with Gasteiger partial charge in [0, 0.05) is 6.54 Å². The van der Waals surface area contributed by atoms with E-state index in [-0.39, 0.29) is 11.8 Å². The van der Waals surface area contributed by atoms with Crippen LogP contribution in [-0.2, 0) is 43.4 Å². The summed E-state index contributed by atoms with van der Waals surface area (Å²) >= 11 is 0. The van der Waals surface area contributed by atoms with Crippen molar-refractivity contribution in [2.24, 2.45) is 47.3 Å². The second-order valence-electron chi connectivity index (χ2n) is 15.7. The van der Waals surface area contributed by atoms with Crippen LogP contribution in [0.4, 0.5) is 26.3 Å². The van der Waals surface area contributed by atoms with Crippen LogP contribution in [0, 0.1) is 47.3 Å². The lowest BCUT2D eigenvalue weighted by atomic mass is 9.50. The second-order valence-corrected chi connectivity index (χ2v) is 17.6. The SMILES string of the molecule is C=C(C(=O)OC1(C)C2CC3CC(C2)CC1C3)C(F)(F)F.C=C(C(=O)OC1C2CC3C(=O)OC1C3O2)C(F)(F)F.CS(=O)(=O)NCC1CC2C=CC1C2. The highest BCUT2D eigenvalue weighted by molar-refractivity contribution is 7.88. The Morgan fingerprint density at radius 3 is 1.96 bits per heavy atom. The first-order chi connectivity index (χ1) is 24.0. The highest BCUT2D eigenvalue weighted by atomic mass is 32.2. The van der Waals surface area contributed by atoms with E-state index in [0.29, 0.717) is 36.6 Å². The number of ether oxygens (including phenoxy) is 4. The van der Waals surface area contributed by atoms with Crippen molar-refractivity contribution in [1.82, 2.24) is 4.72 Å². The molecule has 3 saturated heterocycles. The van der Waals surface area contributed by atoms with Crippen LogP contribution in [0.15, 0.2) is 36.5 Å². The molecular weight excluding hydrogens is 724 g/mol. The zero-order chi connectivity index (χ0) is 38.1. The number of hydrogen-bond acceptors (Lipinski definition) is 9. The number of esters is 3. The maximum atomic E-state index is 12.5. The van der Waals surface area contributed by atoms with Crippen LogP contribution in [0.25, 0.3) is 0 Å². The number of hydrogen-bond donors (Lipinski definition) is 1. The molecule has 290 valence electrons. The Morgan fingerprint density at radius 1 is 0.885 bits per heavy atom. The zero-order valence-electron chi connectivity index (χ0n) is 28.7. The van der Waals surface area contributed by atoms with Gasteiger partial charge < -0.3 is 18.9 Å². The van der Waals surface area contributed by atoms with Gasteiger partial charge in [-0.25, -0.2) is 22.7 Å². The Hall–Kier alpha value is -2.92. The molecule has 9 rings (SSSR count). The minimum Gasteiger partial charge on any atom is -0.455 e. The molecule has 8 atom stereocenters. The summed E-state index contributed by atoms with van der Waals surface area (Å²) in [5, 5.41) is 0. The summed E-state index contributed by atoms with van der Waals surface area (Å²) < 4.78 is 119. The number of carbonyl (C=O) groups excluding carboxylic acids is 3. The Labute approximate surface area is 297 Å². The van der Waals surface area contributed by atoms with Crippen LogP contribution < -0.4 is 4.72 Å². The average Bonchev–Trinajstić information content (AvgIpc) is 3.86. The fraction of sp³-hybridized carbons (Fsp3) is 0.743. The smallest absolute Gasteiger partial charge is 0.422 e. The van der Waals surface area contributed by atoms with Gasteiger partial charge in [0.2, 0.25) is 10.0 Å². The lowest BCUT2D eigenvalue weighted by molar-refractivity contribution is -0.204. The summed E-state index contributed by atoms with van der Waals surface area (Å²) in [6.45, 7) is 7.94. The van der Waals surface area contributed by atoms with Gasteiger partial charge in [0.15, 0.2) is 12.2 Å². The molecule has 1 N–H and O–H groups in total. The summed E-state index contributed by atoms with van der Waals surface area (Å²) in [6, 6.07) is 0. The van der Waals surface area contributed by atoms with E-state index in [1.807, 2.05) is 6.92 Å². The molecule has 9 aliphatic rings. The summed E-state index contributed by atoms with van der Waals surface area (Å²) in [4.78, 5) is 34.5. The molecule has 0 radical (unpaired) electrons. The maximum Gasteiger partial charge on any atom is 0.422 e. The van der Waals surface area contributed by atoms with Gasteiger partial charge in [0.05, 0.1) is 18.3 Å². The monoisotopic (exact) mass is 767 g/mol. The molecule has 52 heavy (non-hydrogen) atoms. The molecule has 0 aromatic carbocycles. The van der Waals surface area contributed by atoms with Gasteiger partial charge in [0.1, 0.15) is 22.9 Å². The Balaban J connectivity index is 0.000000137. The van der Waals surface area contributed by atoms with Crippen molar-refractivity contribution >= 4 is 27.9 Å². The van der Waals surface area contributed by atoms with Crippen LogP contribution in [0.3, 0.4) is 0 Å². The number of sulfonamides is 1. The highest BCUT2D eigenvalue weighted by Gasteiger charge is 2.65. The third kappa shape index (κ3) is 7.82. The quantitative estimate of drug-likeness (QED) is 0.120. The third-order valence-electron chi connectivity index (χ3n) is 12.3. The maximum absolute atomic E-state index is 12.5. The highest BCUT2D eigenvalue weighted by Crippen LogP contribution is 2.59. The van der Waals surface area contributed by atoms with Gasteiger partial charge >= 0.3 is 30.3 Å². The molecule has 0 aromatic rings. The first-order valence-electron chi connectivity index (χ1n) is 17.5. The van der Waals surface area contributed by atoms with E-state index >= 15 is 0 Å². The number of fused-ring (bicyclic) bond motifs is 3. The summed E-state index contributed by atoms with van der Waals surface area (Å²) in [6.07, 6.45) is 1.13. The molecule has 10 nitrogen and oxygen atoms in total. The molecule has 0 aromatic heterocycles. The van der Waals surface area contributed by atoms with E-state index < -0.39 is 87.4 Å². The topological polar surface area (TPSA) is 134 Å². The van der Waals surface area contributed by atoms with E-state index in [2.05, 4.69) is 30.0 Å². The van der Waals surface area contributed by atoms with Gasteiger partial charge in [-0.15, -0.1) is 0 Å². The minimum atomic E-state index is -4.84. The van der Waals surface area contributed by atoms with Crippen molar-refractivity contribution in [3.63, 3.8) is 0 Å². The summed E-state index contributed by atoms with van der Waals surface area (Å²) in [5.74, 6) is -0.0555. The number of nitrogens with one attached hydrogen (secondary N) is 1. The van der Waals surface area contributed by atoms with Crippen molar-refractivity contribution in [2.45, 2.75) is 101 Å². The van der Waals surface area contributed by atoms with Crippen molar-refractivity contribution in [1.29, 1.82) is 0 Å². The first-order valence-corrected chi connectivity index (χ1v) is 19.4. The number of carbonyl (C=O) groups is 3. The minimum absolute atomic E-state index is 0.212. The fourth-order valence-electron chi connectivity index (χ4n) is 9.74. The van der Waals surface area contributed by atoms with Crippen molar-refractivity contribution in [2.75, 3.05) is 12.8 Å². The summed E-state index contributed by atoms with van der Waals surface area (Å²) in [5.41, 5.74) is -3.72. The van der Waals surface area contributed by atoms with Crippen LogP contribution in [-0.4, -0.2) is 81.5 Å². The molecule has 6 aliphatic carbocycles. The van der Waals surface area contributed by atoms with E-state index in [1.54, 1.807) is 0 Å². The molecule has 0 spiro atoms. The standard InChI is InChI=1S/C15H19F3O2.C11H9F3O5.C9H15NO2S/c1-8(15(16,17)18)13(19)20-14(2)11-4-9-3-10(6-11)7-12(14)5-9;1-3(11(12,13)14)9(15)18-7-5-2-4-6(17-5)8(7)19-10(4)16;1-13(11,12)10-6-9-5-7-2-3-8(9)4-7/h9-12H,1,3-7H2,2H3;4-8H,1-2H2;2-3,7-10H,4-6H2,1H3. The molecule has 0 amide bonds. The molecule has 3 heterocycles. The second kappa shape index (κ2) is 13.7. The van der Waals surface area contributed by atoms with Crippen LogP contribution >= 0.6 is 0 Å². The van der Waals surface area contributed by atoms with Gasteiger partial charge in [-0.05, 0) is 99.7 Å². The molecule has 5 saturated carbocycles. The van der Waals surface area contributed by atoms with Crippen molar-refractivity contribution < 1.29 is 68.1 Å². The normalized spacial score (nSPS) is 40.0. The Bertz CT molecular complexity index is 1600. The predicted molar refractivity (Wildman–Crippen MR) is 170 cm³/mol. The molecule has 8 bridgehead atoms. The number of rotatable bonds is 7. The van der Waals surface area contributed by atoms with E-state index in [9.17, 15) is 49.1 Å². The van der Waals surface area contributed by atoms with Crippen molar-refractivity contribution in [3.8, 4) is 0 Å². The number of alkyl halides is 6. The number of halogens is 6. The fourth-order valence-corrected chi connectivity index (χ4v) is 10.3. The summed E-state index contributed by atoms with van der Waals surface area (Å²) in [7, 11) is -3.00. The largest absolute Gasteiger partial charge is 0.455 e. The van der Waals surface area contributed by atoms with Gasteiger partial charge in [-0.3, -0.25) is 4.79 Å². The average molecular weight is 768 g/mol. The van der Waals surface area contributed by atoms with E-state index in [0.717, 1.165) is 38.0 Å². The van der Waals surface area contributed by atoms with E-state index in [1.165, 1.54) is 19.1 Å². The van der Waals surface area contributed by atoms with Crippen LogP contribution in [0.1, 0.15) is 58.3 Å². The van der Waals surface area contributed by atoms with Crippen LogP contribution in [0.5, 0.6) is 0 Å². The molecule has 8 unspecified atom stereocenters. The van der Waals surface area contributed by atoms with Gasteiger partial charge in [0.25, 0.3) is 0 Å². The van der Waals surface area contributed by atoms with Crippen molar-refractivity contribution in [3.05, 3.63) is 36.5 Å². The van der Waals surface area contributed by atoms with Gasteiger partial charge in [-0.2, -0.15) is 26.3 Å². The molecule has 17 heteroatoms.